The molecule has 0 fully saturated rings. The maximum absolute atomic E-state index is 10.9. The van der Waals surface area contributed by atoms with Crippen molar-refractivity contribution in [3.8, 4) is 0 Å². The maximum Gasteiger partial charge on any atom is 0.245 e. The number of hydrogen-bond acceptors (Lipinski definition) is 5. The normalized spacial score (nSPS) is 12.1. The Morgan fingerprint density at radius 1 is 1.33 bits per heavy atom. The Morgan fingerprint density at radius 3 is 2.40 bits per heavy atom. The molecule has 0 aliphatic heterocycles. The van der Waals surface area contributed by atoms with E-state index in [0.717, 1.165) is 6.08 Å². The molecule has 7 heteroatoms. The van der Waals surface area contributed by atoms with Gasteiger partial charge in [-0.25, -0.2) is 0 Å². The van der Waals surface area contributed by atoms with Gasteiger partial charge < -0.3 is 26.3 Å². The zero-order valence-corrected chi connectivity index (χ0v) is 8.15. The molecule has 1 atom stereocenters. The first-order valence-electron chi connectivity index (χ1n) is 4.13. The van der Waals surface area contributed by atoms with Gasteiger partial charge in [0, 0.05) is 6.08 Å². The first-order chi connectivity index (χ1) is 6.93. The van der Waals surface area contributed by atoms with Crippen molar-refractivity contribution in [2.45, 2.75) is 13.0 Å². The molecule has 7 nitrogen and oxygen atoms in total. The van der Waals surface area contributed by atoms with E-state index in [-0.39, 0.29) is 6.67 Å². The number of carboxylic acids is 1. The van der Waals surface area contributed by atoms with Gasteiger partial charge in [0.15, 0.2) is 0 Å². The zero-order valence-electron chi connectivity index (χ0n) is 8.15. The fourth-order valence-electron chi connectivity index (χ4n) is 0.582. The van der Waals surface area contributed by atoms with Crippen LogP contribution in [-0.2, 0) is 14.4 Å². The van der Waals surface area contributed by atoms with Gasteiger partial charge in [-0.2, -0.15) is 0 Å². The summed E-state index contributed by atoms with van der Waals surface area (Å²) >= 11 is 0. The lowest BCUT2D eigenvalue weighted by molar-refractivity contribution is -0.297. The lowest BCUT2D eigenvalue weighted by Crippen LogP contribution is -2.43. The number of rotatable bonds is 5. The van der Waals surface area contributed by atoms with Crippen molar-refractivity contribution in [2.75, 3.05) is 6.67 Å². The largest absolute Gasteiger partial charge is 0.545 e. The number of nitrogens with two attached hydrogens (primary N) is 1. The molecule has 0 saturated carbocycles. The van der Waals surface area contributed by atoms with Crippen molar-refractivity contribution in [1.82, 2.24) is 10.6 Å². The molecule has 0 radical (unpaired) electrons. The number of carbonyl (C=O) groups excluding carboxylic acids is 3. The lowest BCUT2D eigenvalue weighted by atomic mass is 10.3. The molecular formula is C8H12N3O4-. The van der Waals surface area contributed by atoms with Crippen LogP contribution in [0.1, 0.15) is 6.92 Å². The Labute approximate surface area is 86.3 Å². The summed E-state index contributed by atoms with van der Waals surface area (Å²) in [5.41, 5.74) is 5.23. The molecule has 0 aliphatic rings. The number of carbonyl (C=O) groups is 3. The summed E-state index contributed by atoms with van der Waals surface area (Å²) in [5, 5.41) is 14.4. The summed E-state index contributed by atoms with van der Waals surface area (Å²) < 4.78 is 0. The molecule has 84 valence electrons. The van der Waals surface area contributed by atoms with E-state index >= 15 is 0 Å². The fraction of sp³-hybridized carbons (Fsp3) is 0.375. The fourth-order valence-corrected chi connectivity index (χ4v) is 0.582. The minimum Gasteiger partial charge on any atom is -0.545 e. The topological polar surface area (TPSA) is 124 Å². The van der Waals surface area contributed by atoms with Gasteiger partial charge in [-0.3, -0.25) is 9.59 Å². The monoisotopic (exact) mass is 214 g/mol. The van der Waals surface area contributed by atoms with Gasteiger partial charge in [0.1, 0.15) is 0 Å². The van der Waals surface area contributed by atoms with Crippen LogP contribution in [0, 0.1) is 0 Å². The van der Waals surface area contributed by atoms with Crippen LogP contribution in [0.3, 0.4) is 0 Å². The third-order valence-corrected chi connectivity index (χ3v) is 1.31. The summed E-state index contributed by atoms with van der Waals surface area (Å²) in [4.78, 5) is 31.6. The van der Waals surface area contributed by atoms with Crippen molar-refractivity contribution in [3.63, 3.8) is 0 Å². The number of aliphatic carboxylic acids is 1. The first-order valence-corrected chi connectivity index (χ1v) is 4.13. The van der Waals surface area contributed by atoms with Crippen LogP contribution in [0.2, 0.25) is 0 Å². The molecule has 0 heterocycles. The highest BCUT2D eigenvalue weighted by Crippen LogP contribution is 1.74. The van der Waals surface area contributed by atoms with E-state index in [1.807, 2.05) is 0 Å². The highest BCUT2D eigenvalue weighted by atomic mass is 16.4. The van der Waals surface area contributed by atoms with Crippen LogP contribution in [0.25, 0.3) is 0 Å². The van der Waals surface area contributed by atoms with E-state index in [0.29, 0.717) is 6.08 Å². The van der Waals surface area contributed by atoms with Crippen molar-refractivity contribution >= 4 is 17.8 Å². The first kappa shape index (κ1) is 13.1. The molecule has 4 N–H and O–H groups in total. The Balaban J connectivity index is 3.73. The summed E-state index contributed by atoms with van der Waals surface area (Å²) in [5.74, 6) is -2.53. The number of amides is 2. The minimum absolute atomic E-state index is 0.114. The molecule has 0 saturated heterocycles. The summed E-state index contributed by atoms with van der Waals surface area (Å²) in [6.45, 7) is 1.38. The minimum atomic E-state index is -1.47. The van der Waals surface area contributed by atoms with E-state index in [2.05, 4.69) is 10.6 Å². The molecule has 0 aromatic rings. The average Bonchev–Trinajstić information content (AvgIpc) is 2.14. The van der Waals surface area contributed by atoms with E-state index in [9.17, 15) is 19.5 Å². The summed E-state index contributed by atoms with van der Waals surface area (Å²) in [6, 6.07) is -0.666. The van der Waals surface area contributed by atoms with Gasteiger partial charge in [-0.05, 0) is 13.0 Å². The van der Waals surface area contributed by atoms with Crippen molar-refractivity contribution < 1.29 is 19.5 Å². The second kappa shape index (κ2) is 6.55. The average molecular weight is 214 g/mol. The third-order valence-electron chi connectivity index (χ3n) is 1.31. The summed E-state index contributed by atoms with van der Waals surface area (Å²) in [7, 11) is 0. The van der Waals surface area contributed by atoms with Gasteiger partial charge in [-0.1, -0.05) is 0 Å². The highest BCUT2D eigenvalue weighted by Gasteiger charge is 2.05. The van der Waals surface area contributed by atoms with E-state index in [4.69, 9.17) is 5.73 Å². The molecule has 0 aliphatic carbocycles. The van der Waals surface area contributed by atoms with Crippen LogP contribution in [0.5, 0.6) is 0 Å². The molecule has 0 rings (SSSR count). The Kier molecular flexibility index (Phi) is 5.72. The zero-order chi connectivity index (χ0) is 11.8. The quantitative estimate of drug-likeness (QED) is 0.329. The van der Waals surface area contributed by atoms with Gasteiger partial charge in [0.2, 0.25) is 11.8 Å². The second-order valence-corrected chi connectivity index (χ2v) is 2.70. The molecule has 0 aromatic carbocycles. The van der Waals surface area contributed by atoms with E-state index < -0.39 is 23.8 Å². The van der Waals surface area contributed by atoms with Crippen molar-refractivity contribution in [1.29, 1.82) is 0 Å². The summed E-state index contributed by atoms with van der Waals surface area (Å²) in [6.07, 6.45) is 1.37. The van der Waals surface area contributed by atoms with Crippen LogP contribution in [-0.4, -0.2) is 30.5 Å². The van der Waals surface area contributed by atoms with Crippen LogP contribution in [0.4, 0.5) is 0 Å². The Bertz CT molecular complexity index is 286. The number of hydrogen-bond donors (Lipinski definition) is 3. The van der Waals surface area contributed by atoms with Crippen molar-refractivity contribution in [2.24, 2.45) is 5.73 Å². The van der Waals surface area contributed by atoms with Crippen LogP contribution in [0.15, 0.2) is 12.2 Å². The molecule has 0 spiro atoms. The highest BCUT2D eigenvalue weighted by molar-refractivity contribution is 5.93. The smallest absolute Gasteiger partial charge is 0.245 e. The predicted octanol–water partition coefficient (Wildman–Crippen LogP) is -3.17. The van der Waals surface area contributed by atoms with Crippen LogP contribution < -0.4 is 21.5 Å². The second-order valence-electron chi connectivity index (χ2n) is 2.70. The third kappa shape index (κ3) is 7.20. The van der Waals surface area contributed by atoms with Gasteiger partial charge in [-0.15, -0.1) is 0 Å². The molecule has 0 aromatic heterocycles. The molecule has 2 amide bonds. The van der Waals surface area contributed by atoms with Crippen molar-refractivity contribution in [3.05, 3.63) is 12.2 Å². The Hall–Kier alpha value is -1.89. The lowest BCUT2D eigenvalue weighted by Gasteiger charge is -2.07. The molecule has 0 bridgehead atoms. The SMILES string of the molecule is C[C@H](N)C(=O)NCNC(=O)/C=C\C(=O)[O-]. The maximum atomic E-state index is 10.9. The van der Waals surface area contributed by atoms with Gasteiger partial charge in [0.05, 0.1) is 18.7 Å². The molecule has 0 unspecified atom stereocenters. The standard InChI is InChI=1S/C8H13N3O4/c1-5(9)8(15)11-4-10-6(12)2-3-7(13)14/h2-3,5H,4,9H2,1H3,(H,10,12)(H,11,15)(H,13,14)/p-1/b3-2-/t5-/m0/s1. The number of carboxylic acid groups (broad SMARTS) is 1. The Morgan fingerprint density at radius 2 is 1.93 bits per heavy atom. The van der Waals surface area contributed by atoms with E-state index in [1.165, 1.54) is 6.92 Å². The van der Waals surface area contributed by atoms with Crippen LogP contribution >= 0.6 is 0 Å². The van der Waals surface area contributed by atoms with E-state index in [1.54, 1.807) is 0 Å². The molecule has 15 heavy (non-hydrogen) atoms. The predicted molar refractivity (Wildman–Crippen MR) is 48.9 cm³/mol. The number of nitrogens with one attached hydrogen (secondary N) is 2. The van der Waals surface area contributed by atoms with Gasteiger partial charge >= 0.3 is 0 Å². The van der Waals surface area contributed by atoms with Gasteiger partial charge in [0.25, 0.3) is 0 Å². The molecular weight excluding hydrogens is 202 g/mol.